The molecule has 1 rings (SSSR count). The molecule has 11 heteroatoms. The van der Waals surface area contributed by atoms with E-state index in [1.54, 1.807) is 13.0 Å². The summed E-state index contributed by atoms with van der Waals surface area (Å²) in [6.07, 6.45) is -1.64. The molecule has 0 saturated carbocycles. The van der Waals surface area contributed by atoms with Gasteiger partial charge in [0.1, 0.15) is 18.8 Å². The van der Waals surface area contributed by atoms with Crippen LogP contribution >= 0.6 is 0 Å². The van der Waals surface area contributed by atoms with Crippen molar-refractivity contribution in [2.75, 3.05) is 19.8 Å². The molecule has 0 heterocycles. The van der Waals surface area contributed by atoms with Crippen molar-refractivity contribution in [3.05, 3.63) is 23.8 Å². The van der Waals surface area contributed by atoms with Crippen LogP contribution in [0.3, 0.4) is 0 Å². The number of hydrogen-bond acceptors (Lipinski definition) is 11. The Balaban J connectivity index is 2.89. The summed E-state index contributed by atoms with van der Waals surface area (Å²) >= 11 is 0. The van der Waals surface area contributed by atoms with Crippen LogP contribution in [0.2, 0.25) is 0 Å². The third-order valence-electron chi connectivity index (χ3n) is 5.12. The third kappa shape index (κ3) is 16.5. The molecule has 232 valence electrons. The summed E-state index contributed by atoms with van der Waals surface area (Å²) < 4.78 is 31.4. The second kappa shape index (κ2) is 16.2. The molecule has 0 radical (unpaired) electrons. The summed E-state index contributed by atoms with van der Waals surface area (Å²) in [6.45, 7) is 17.1. The van der Waals surface area contributed by atoms with Crippen LogP contribution in [0.25, 0.3) is 0 Å². The molecule has 0 aliphatic carbocycles. The fraction of sp³-hybridized carbons (Fsp3) is 0.667. The van der Waals surface area contributed by atoms with Crippen molar-refractivity contribution >= 4 is 24.2 Å². The smallest absolute Gasteiger partial charge is 0.462 e. The highest BCUT2D eigenvalue weighted by molar-refractivity contribution is 5.76. The second-order valence-electron chi connectivity index (χ2n) is 12.9. The highest BCUT2D eigenvalue weighted by atomic mass is 16.7. The molecule has 0 aromatic heterocycles. The molecular formula is C30H47NO10. The van der Waals surface area contributed by atoms with Crippen molar-refractivity contribution in [2.45, 2.75) is 93.7 Å². The Morgan fingerprint density at radius 2 is 1.34 bits per heavy atom. The fourth-order valence-corrected chi connectivity index (χ4v) is 2.98. The standard InChI is InChI=1S/C30H47NO10/c1-19(2)10-13-25(32)36-16-20(3)39-26(33)22(31)14-21-11-12-23(40-27(34)37-17-29(4,5)6)24(15-21)41-28(35)38-18-30(7,8)9/h11-12,15,19-20,22H,10,13-14,16-18,31H2,1-9H3/t20-,22-/m0/s1. The maximum Gasteiger partial charge on any atom is 0.513 e. The molecule has 0 saturated heterocycles. The molecule has 0 unspecified atom stereocenters. The Kier molecular flexibility index (Phi) is 14.1. The normalized spacial score (nSPS) is 13.1. The molecule has 1 aromatic carbocycles. The zero-order chi connectivity index (χ0) is 31.4. The van der Waals surface area contributed by atoms with Gasteiger partial charge in [-0.1, -0.05) is 61.5 Å². The van der Waals surface area contributed by atoms with Gasteiger partial charge in [-0.25, -0.2) is 9.59 Å². The van der Waals surface area contributed by atoms with E-state index >= 15 is 0 Å². The quantitative estimate of drug-likeness (QED) is 0.176. The van der Waals surface area contributed by atoms with Crippen LogP contribution in [0.15, 0.2) is 18.2 Å². The first-order valence-corrected chi connectivity index (χ1v) is 13.8. The SMILES string of the molecule is CC(C)CCC(=O)OC[C@H](C)OC(=O)[C@@H](N)Cc1ccc(OC(=O)OCC(C)(C)C)c(OC(=O)OCC(C)(C)C)c1. The number of rotatable bonds is 13. The van der Waals surface area contributed by atoms with Crippen molar-refractivity contribution in [1.82, 2.24) is 0 Å². The second-order valence-corrected chi connectivity index (χ2v) is 12.9. The molecule has 0 bridgehead atoms. The minimum Gasteiger partial charge on any atom is -0.462 e. The first-order chi connectivity index (χ1) is 18.8. The van der Waals surface area contributed by atoms with E-state index in [2.05, 4.69) is 0 Å². The Hall–Kier alpha value is -3.34. The lowest BCUT2D eigenvalue weighted by Gasteiger charge is -2.19. The first-order valence-electron chi connectivity index (χ1n) is 13.8. The van der Waals surface area contributed by atoms with E-state index in [-0.39, 0.29) is 54.5 Å². The largest absolute Gasteiger partial charge is 0.513 e. The lowest BCUT2D eigenvalue weighted by Crippen LogP contribution is -2.37. The molecular weight excluding hydrogens is 534 g/mol. The van der Waals surface area contributed by atoms with Crippen LogP contribution in [0.1, 0.15) is 80.7 Å². The van der Waals surface area contributed by atoms with Gasteiger partial charge in [-0.15, -0.1) is 0 Å². The van der Waals surface area contributed by atoms with Crippen LogP contribution in [0.4, 0.5) is 9.59 Å². The van der Waals surface area contributed by atoms with Crippen LogP contribution in [0, 0.1) is 16.7 Å². The predicted octanol–water partition coefficient (Wildman–Crippen LogP) is 5.59. The van der Waals surface area contributed by atoms with Gasteiger partial charge in [0, 0.05) is 6.42 Å². The van der Waals surface area contributed by atoms with E-state index in [1.165, 1.54) is 12.1 Å². The molecule has 0 aliphatic rings. The van der Waals surface area contributed by atoms with Crippen molar-refractivity contribution < 1.29 is 47.6 Å². The van der Waals surface area contributed by atoms with Gasteiger partial charge in [0.05, 0.1) is 13.2 Å². The molecule has 0 amide bonds. The number of benzene rings is 1. The van der Waals surface area contributed by atoms with Gasteiger partial charge in [0.2, 0.25) is 0 Å². The molecule has 2 N–H and O–H groups in total. The highest BCUT2D eigenvalue weighted by Crippen LogP contribution is 2.30. The Bertz CT molecular complexity index is 1020. The van der Waals surface area contributed by atoms with Crippen molar-refractivity contribution in [3.8, 4) is 11.5 Å². The van der Waals surface area contributed by atoms with Crippen LogP contribution < -0.4 is 15.2 Å². The number of esters is 2. The summed E-state index contributed by atoms with van der Waals surface area (Å²) in [5.41, 5.74) is 5.98. The number of carbonyl (C=O) groups excluding carboxylic acids is 4. The van der Waals surface area contributed by atoms with Gasteiger partial charge in [-0.3, -0.25) is 9.59 Å². The van der Waals surface area contributed by atoms with Gasteiger partial charge in [0.15, 0.2) is 11.5 Å². The minimum atomic E-state index is -1.07. The average Bonchev–Trinajstić information content (AvgIpc) is 2.84. The molecule has 2 atom stereocenters. The molecule has 11 nitrogen and oxygen atoms in total. The van der Waals surface area contributed by atoms with Gasteiger partial charge < -0.3 is 34.2 Å². The van der Waals surface area contributed by atoms with Crippen LogP contribution in [0.5, 0.6) is 11.5 Å². The van der Waals surface area contributed by atoms with E-state index in [0.717, 1.165) is 0 Å². The zero-order valence-electron chi connectivity index (χ0n) is 25.9. The average molecular weight is 582 g/mol. The summed E-state index contributed by atoms with van der Waals surface area (Å²) in [5, 5.41) is 0. The van der Waals surface area contributed by atoms with E-state index in [0.29, 0.717) is 24.3 Å². The fourth-order valence-electron chi connectivity index (χ4n) is 2.98. The number of ether oxygens (including phenoxy) is 6. The number of nitrogens with two attached hydrogens (primary N) is 1. The number of carbonyl (C=O) groups is 4. The molecule has 0 fully saturated rings. The van der Waals surface area contributed by atoms with Crippen LogP contribution in [-0.2, 0) is 35.0 Å². The summed E-state index contributed by atoms with van der Waals surface area (Å²) in [7, 11) is 0. The topological polar surface area (TPSA) is 150 Å². The Labute approximate surface area is 243 Å². The summed E-state index contributed by atoms with van der Waals surface area (Å²) in [6, 6.07) is 3.31. The monoisotopic (exact) mass is 581 g/mol. The van der Waals surface area contributed by atoms with E-state index in [4.69, 9.17) is 34.2 Å². The van der Waals surface area contributed by atoms with E-state index in [1.807, 2.05) is 55.4 Å². The molecule has 41 heavy (non-hydrogen) atoms. The van der Waals surface area contributed by atoms with E-state index < -0.39 is 30.4 Å². The van der Waals surface area contributed by atoms with Gasteiger partial charge in [-0.05, 0) is 54.2 Å². The third-order valence-corrected chi connectivity index (χ3v) is 5.12. The van der Waals surface area contributed by atoms with Crippen molar-refractivity contribution in [2.24, 2.45) is 22.5 Å². The summed E-state index contributed by atoms with van der Waals surface area (Å²) in [4.78, 5) is 49.0. The van der Waals surface area contributed by atoms with Crippen molar-refractivity contribution in [3.63, 3.8) is 0 Å². The Morgan fingerprint density at radius 1 is 0.805 bits per heavy atom. The minimum absolute atomic E-state index is 0.0158. The molecule has 0 spiro atoms. The van der Waals surface area contributed by atoms with E-state index in [9.17, 15) is 19.2 Å². The predicted molar refractivity (Wildman–Crippen MR) is 152 cm³/mol. The first kappa shape index (κ1) is 35.7. The Morgan fingerprint density at radius 3 is 1.85 bits per heavy atom. The van der Waals surface area contributed by atoms with Crippen LogP contribution in [-0.4, -0.2) is 56.2 Å². The molecule has 0 aliphatic heterocycles. The lowest BCUT2D eigenvalue weighted by atomic mass is 9.99. The lowest BCUT2D eigenvalue weighted by molar-refractivity contribution is -0.159. The van der Waals surface area contributed by atoms with Gasteiger partial charge in [-0.2, -0.15) is 0 Å². The summed E-state index contributed by atoms with van der Waals surface area (Å²) in [5.74, 6) is -0.877. The van der Waals surface area contributed by atoms with Gasteiger partial charge >= 0.3 is 24.2 Å². The van der Waals surface area contributed by atoms with Gasteiger partial charge in [0.25, 0.3) is 0 Å². The maximum absolute atomic E-state index is 12.5. The highest BCUT2D eigenvalue weighted by Gasteiger charge is 2.23. The van der Waals surface area contributed by atoms with Crippen molar-refractivity contribution in [1.29, 1.82) is 0 Å². The molecule has 1 aromatic rings. The number of hydrogen-bond donors (Lipinski definition) is 1. The zero-order valence-corrected chi connectivity index (χ0v) is 25.9. The maximum atomic E-state index is 12.5.